The minimum Gasteiger partial charge on any atom is -0.491 e. The van der Waals surface area contributed by atoms with Crippen molar-refractivity contribution in [1.82, 2.24) is 5.32 Å². The van der Waals surface area contributed by atoms with Crippen molar-refractivity contribution in [2.75, 3.05) is 33.2 Å². The van der Waals surface area contributed by atoms with E-state index in [1.54, 1.807) is 32.2 Å². The van der Waals surface area contributed by atoms with Crippen molar-refractivity contribution in [3.8, 4) is 5.75 Å². The quantitative estimate of drug-likeness (QED) is 0.422. The number of carbonyl (C=O) groups excluding carboxylic acids is 2. The zero-order chi connectivity index (χ0) is 16.5. The highest BCUT2D eigenvalue weighted by atomic mass is 16.5. The molecule has 7 heteroatoms. The maximum atomic E-state index is 12.2. The van der Waals surface area contributed by atoms with Gasteiger partial charge in [-0.15, -0.1) is 0 Å². The first-order chi connectivity index (χ1) is 10.5. The highest BCUT2D eigenvalue weighted by Crippen LogP contribution is 2.20. The number of carbonyl (C=O) groups is 2. The molecule has 1 atom stereocenters. The van der Waals surface area contributed by atoms with Gasteiger partial charge >= 0.3 is 5.97 Å². The summed E-state index contributed by atoms with van der Waals surface area (Å²) in [6, 6.07) is 4.05. The van der Waals surface area contributed by atoms with Gasteiger partial charge in [-0.05, 0) is 18.6 Å². The molecule has 1 unspecified atom stereocenters. The van der Waals surface area contributed by atoms with Gasteiger partial charge in [-0.25, -0.2) is 4.79 Å². The molecule has 7 nitrogen and oxygen atoms in total. The van der Waals surface area contributed by atoms with E-state index in [1.807, 2.05) is 0 Å². The van der Waals surface area contributed by atoms with Crippen molar-refractivity contribution in [3.63, 3.8) is 0 Å². The highest BCUT2D eigenvalue weighted by Gasteiger charge is 2.21. The molecule has 1 rings (SSSR count). The van der Waals surface area contributed by atoms with Crippen LogP contribution in [0.25, 0.3) is 0 Å². The molecule has 122 valence electrons. The van der Waals surface area contributed by atoms with Crippen LogP contribution < -0.4 is 15.8 Å². The number of hydrogen-bond donors (Lipinski definition) is 2. The van der Waals surface area contributed by atoms with E-state index >= 15 is 0 Å². The number of nitrogens with two attached hydrogens (primary N) is 1. The fourth-order valence-corrected chi connectivity index (χ4v) is 1.79. The average molecular weight is 310 g/mol. The summed E-state index contributed by atoms with van der Waals surface area (Å²) in [5.74, 6) is -0.377. The molecule has 0 heterocycles. The lowest BCUT2D eigenvalue weighted by Crippen LogP contribution is -2.41. The average Bonchev–Trinajstić information content (AvgIpc) is 2.52. The number of amides is 1. The zero-order valence-corrected chi connectivity index (χ0v) is 13.0. The van der Waals surface area contributed by atoms with Gasteiger partial charge in [0.1, 0.15) is 18.4 Å². The number of hydrogen-bond acceptors (Lipinski definition) is 6. The zero-order valence-electron chi connectivity index (χ0n) is 13.0. The van der Waals surface area contributed by atoms with Crippen molar-refractivity contribution in [2.45, 2.75) is 19.4 Å². The van der Waals surface area contributed by atoms with E-state index in [0.29, 0.717) is 25.4 Å². The van der Waals surface area contributed by atoms with Crippen molar-refractivity contribution >= 4 is 17.6 Å². The summed E-state index contributed by atoms with van der Waals surface area (Å²) >= 11 is 0. The number of anilines is 1. The van der Waals surface area contributed by atoms with Crippen molar-refractivity contribution in [3.05, 3.63) is 23.8 Å². The van der Waals surface area contributed by atoms with Gasteiger partial charge in [-0.1, -0.05) is 6.92 Å². The van der Waals surface area contributed by atoms with Crippen molar-refractivity contribution < 1.29 is 23.8 Å². The van der Waals surface area contributed by atoms with Crippen LogP contribution in [0.4, 0.5) is 5.69 Å². The monoisotopic (exact) mass is 310 g/mol. The highest BCUT2D eigenvalue weighted by molar-refractivity contribution is 6.01. The minimum absolute atomic E-state index is 0.270. The second-order valence-electron chi connectivity index (χ2n) is 4.55. The second-order valence-corrected chi connectivity index (χ2v) is 4.55. The normalized spacial score (nSPS) is 11.6. The molecule has 0 saturated carbocycles. The van der Waals surface area contributed by atoms with Crippen LogP contribution in [0, 0.1) is 0 Å². The van der Waals surface area contributed by atoms with Crippen LogP contribution in [-0.2, 0) is 14.3 Å². The number of nitrogen functional groups attached to an aromatic ring is 1. The molecule has 3 N–H and O–H groups in total. The lowest BCUT2D eigenvalue weighted by Gasteiger charge is -2.15. The summed E-state index contributed by atoms with van der Waals surface area (Å²) in [5.41, 5.74) is 6.41. The Hall–Kier alpha value is -2.28. The summed E-state index contributed by atoms with van der Waals surface area (Å²) < 4.78 is 14.9. The summed E-state index contributed by atoms with van der Waals surface area (Å²) in [6.45, 7) is 2.62. The van der Waals surface area contributed by atoms with E-state index in [2.05, 4.69) is 10.1 Å². The van der Waals surface area contributed by atoms with Crippen LogP contribution in [0.1, 0.15) is 23.7 Å². The molecule has 0 aliphatic carbocycles. The molecule has 0 aliphatic heterocycles. The molecule has 0 radical (unpaired) electrons. The molecule has 22 heavy (non-hydrogen) atoms. The smallest absolute Gasteiger partial charge is 0.328 e. The summed E-state index contributed by atoms with van der Waals surface area (Å²) in [7, 11) is 2.86. The third-order valence-electron chi connectivity index (χ3n) is 3.02. The SMILES string of the molecule is CCC(NC(=O)c1ccc(OCCOC)cc1N)C(=O)OC. The standard InChI is InChI=1S/C15H22N2O5/c1-4-13(15(19)21-3)17-14(18)11-6-5-10(9-12(11)16)22-8-7-20-2/h5-6,9,13H,4,7-8,16H2,1-3H3,(H,17,18). The first kappa shape index (κ1) is 17.8. The van der Waals surface area contributed by atoms with Crippen molar-refractivity contribution in [2.24, 2.45) is 0 Å². The van der Waals surface area contributed by atoms with Crippen LogP contribution in [-0.4, -0.2) is 45.4 Å². The van der Waals surface area contributed by atoms with Gasteiger partial charge in [0.05, 0.1) is 19.3 Å². The van der Waals surface area contributed by atoms with Gasteiger partial charge in [-0.3, -0.25) is 4.79 Å². The topological polar surface area (TPSA) is 99.9 Å². The molecular weight excluding hydrogens is 288 g/mol. The van der Waals surface area contributed by atoms with Crippen molar-refractivity contribution in [1.29, 1.82) is 0 Å². The van der Waals surface area contributed by atoms with Gasteiger partial charge in [0.25, 0.3) is 5.91 Å². The molecule has 0 aromatic heterocycles. The molecule has 1 aromatic carbocycles. The van der Waals surface area contributed by atoms with E-state index in [9.17, 15) is 9.59 Å². The molecule has 1 amide bonds. The third kappa shape index (κ3) is 4.92. The van der Waals surface area contributed by atoms with Crippen LogP contribution in [0.3, 0.4) is 0 Å². The molecule has 0 fully saturated rings. The molecular formula is C15H22N2O5. The Morgan fingerprint density at radius 1 is 1.27 bits per heavy atom. The maximum absolute atomic E-state index is 12.2. The number of benzene rings is 1. The Labute approximate surface area is 129 Å². The molecule has 0 bridgehead atoms. The first-order valence-corrected chi connectivity index (χ1v) is 6.93. The summed E-state index contributed by atoms with van der Waals surface area (Å²) in [6.07, 6.45) is 0.427. The van der Waals surface area contributed by atoms with E-state index < -0.39 is 17.9 Å². The summed E-state index contributed by atoms with van der Waals surface area (Å²) in [4.78, 5) is 23.7. The molecule has 0 spiro atoms. The Morgan fingerprint density at radius 3 is 2.55 bits per heavy atom. The van der Waals surface area contributed by atoms with Crippen LogP contribution >= 0.6 is 0 Å². The molecule has 0 saturated heterocycles. The Bertz CT molecular complexity index is 519. The fraction of sp³-hybridized carbons (Fsp3) is 0.467. The van der Waals surface area contributed by atoms with E-state index in [-0.39, 0.29) is 11.3 Å². The predicted octanol–water partition coefficient (Wildman–Crippen LogP) is 0.975. The van der Waals surface area contributed by atoms with Gasteiger partial charge in [0.2, 0.25) is 0 Å². The van der Waals surface area contributed by atoms with Gasteiger partial charge in [0.15, 0.2) is 0 Å². The number of nitrogens with one attached hydrogen (secondary N) is 1. The van der Waals surface area contributed by atoms with E-state index in [1.165, 1.54) is 7.11 Å². The minimum atomic E-state index is -0.700. The van der Waals surface area contributed by atoms with Gasteiger partial charge in [0, 0.05) is 18.9 Å². The number of rotatable bonds is 8. The number of methoxy groups -OCH3 is 2. The van der Waals surface area contributed by atoms with Gasteiger partial charge in [-0.2, -0.15) is 0 Å². The van der Waals surface area contributed by atoms with E-state index in [4.69, 9.17) is 15.2 Å². The Kier molecular flexibility index (Phi) is 7.18. The number of esters is 1. The van der Waals surface area contributed by atoms with Crippen LogP contribution in [0.5, 0.6) is 5.75 Å². The summed E-state index contributed by atoms with van der Waals surface area (Å²) in [5, 5.41) is 2.59. The van der Waals surface area contributed by atoms with E-state index in [0.717, 1.165) is 0 Å². The predicted molar refractivity (Wildman–Crippen MR) is 81.8 cm³/mol. The third-order valence-corrected chi connectivity index (χ3v) is 3.02. The fourth-order valence-electron chi connectivity index (χ4n) is 1.79. The largest absolute Gasteiger partial charge is 0.491 e. The Morgan fingerprint density at radius 2 is 2.00 bits per heavy atom. The lowest BCUT2D eigenvalue weighted by molar-refractivity contribution is -0.142. The molecule has 0 aliphatic rings. The maximum Gasteiger partial charge on any atom is 0.328 e. The Balaban J connectivity index is 2.75. The van der Waals surface area contributed by atoms with Crippen LogP contribution in [0.15, 0.2) is 18.2 Å². The number of ether oxygens (including phenoxy) is 3. The second kappa shape index (κ2) is 8.89. The van der Waals surface area contributed by atoms with Crippen LogP contribution in [0.2, 0.25) is 0 Å². The molecule has 1 aromatic rings. The first-order valence-electron chi connectivity index (χ1n) is 6.93. The van der Waals surface area contributed by atoms with Gasteiger partial charge < -0.3 is 25.3 Å². The lowest BCUT2D eigenvalue weighted by atomic mass is 10.1.